The van der Waals surface area contributed by atoms with Gasteiger partial charge in [-0.2, -0.15) is 0 Å². The maximum atomic E-state index is 12.2. The molecule has 1 aliphatic rings. The second-order valence-corrected chi connectivity index (χ2v) is 5.69. The number of pyridine rings is 1. The van der Waals surface area contributed by atoms with Crippen molar-refractivity contribution in [2.45, 2.75) is 12.8 Å². The fourth-order valence-corrected chi connectivity index (χ4v) is 2.63. The molecule has 3 rings (SSSR count). The second kappa shape index (κ2) is 7.56. The number of hydrogen-bond donors (Lipinski definition) is 1. The maximum Gasteiger partial charge on any atom is 0.573 e. The van der Waals surface area contributed by atoms with Gasteiger partial charge in [0, 0.05) is 24.8 Å². The van der Waals surface area contributed by atoms with Gasteiger partial charge in [0.2, 0.25) is 5.88 Å². The molecule has 0 saturated carbocycles. The summed E-state index contributed by atoms with van der Waals surface area (Å²) in [5, 5.41) is 9.02. The van der Waals surface area contributed by atoms with Crippen LogP contribution in [0.2, 0.25) is 0 Å². The third kappa shape index (κ3) is 4.90. The molecule has 0 aliphatic carbocycles. The van der Waals surface area contributed by atoms with Gasteiger partial charge in [0.25, 0.3) is 0 Å². The number of amides is 1. The van der Waals surface area contributed by atoms with E-state index in [2.05, 4.69) is 9.72 Å². The molecule has 1 aromatic carbocycles. The van der Waals surface area contributed by atoms with Gasteiger partial charge in [0.1, 0.15) is 11.5 Å². The lowest BCUT2D eigenvalue weighted by atomic mass is 10.0. The van der Waals surface area contributed by atoms with E-state index in [1.54, 1.807) is 18.2 Å². The Kier molecular flexibility index (Phi) is 5.20. The summed E-state index contributed by atoms with van der Waals surface area (Å²) in [6.07, 6.45) is -1.90. The first-order valence-corrected chi connectivity index (χ1v) is 7.98. The summed E-state index contributed by atoms with van der Waals surface area (Å²) >= 11 is 0. The van der Waals surface area contributed by atoms with E-state index < -0.39 is 12.5 Å². The standard InChI is InChI=1S/C18H15F3N2O4/c19-18(20,21)27-14-5-3-13(4-6-14)26-16-15(2-1-9-22-16)12-7-10-23(11-8-12)17(24)25/h1-7,9H,8,10-11H2,(H,24,25). The molecule has 2 aromatic rings. The zero-order chi connectivity index (χ0) is 19.4. The Morgan fingerprint density at radius 1 is 1.15 bits per heavy atom. The van der Waals surface area contributed by atoms with E-state index in [-0.39, 0.29) is 18.2 Å². The SMILES string of the molecule is O=C(O)N1CC=C(c2cccnc2Oc2ccc(OC(F)(F)F)cc2)CC1. The summed E-state index contributed by atoms with van der Waals surface area (Å²) in [6, 6.07) is 8.52. The van der Waals surface area contributed by atoms with Crippen LogP contribution in [0.1, 0.15) is 12.0 Å². The van der Waals surface area contributed by atoms with E-state index in [0.717, 1.165) is 17.7 Å². The van der Waals surface area contributed by atoms with Crippen LogP contribution in [0.4, 0.5) is 18.0 Å². The fourth-order valence-electron chi connectivity index (χ4n) is 2.63. The monoisotopic (exact) mass is 380 g/mol. The van der Waals surface area contributed by atoms with Crippen LogP contribution in [0.15, 0.2) is 48.7 Å². The number of alkyl halides is 3. The predicted molar refractivity (Wildman–Crippen MR) is 89.6 cm³/mol. The highest BCUT2D eigenvalue weighted by molar-refractivity contribution is 5.73. The Balaban J connectivity index is 1.76. The predicted octanol–water partition coefficient (Wildman–Crippen LogP) is 4.54. The quantitative estimate of drug-likeness (QED) is 0.843. The topological polar surface area (TPSA) is 71.9 Å². The van der Waals surface area contributed by atoms with Gasteiger partial charge in [-0.05, 0) is 48.4 Å². The maximum absolute atomic E-state index is 12.2. The van der Waals surface area contributed by atoms with Gasteiger partial charge in [-0.3, -0.25) is 0 Å². The van der Waals surface area contributed by atoms with Crippen LogP contribution in [0, 0.1) is 0 Å². The number of halogens is 3. The molecule has 142 valence electrons. The van der Waals surface area contributed by atoms with Crippen LogP contribution >= 0.6 is 0 Å². The lowest BCUT2D eigenvalue weighted by Crippen LogP contribution is -2.33. The normalized spacial score (nSPS) is 14.5. The molecule has 0 atom stereocenters. The summed E-state index contributed by atoms with van der Waals surface area (Å²) in [5.41, 5.74) is 1.60. The molecule has 1 aromatic heterocycles. The third-order valence-corrected chi connectivity index (χ3v) is 3.87. The number of carbonyl (C=O) groups is 1. The molecule has 0 unspecified atom stereocenters. The van der Waals surface area contributed by atoms with Crippen molar-refractivity contribution in [1.29, 1.82) is 0 Å². The van der Waals surface area contributed by atoms with Crippen molar-refractivity contribution in [3.63, 3.8) is 0 Å². The summed E-state index contributed by atoms with van der Waals surface area (Å²) < 4.78 is 46.2. The van der Waals surface area contributed by atoms with E-state index >= 15 is 0 Å². The van der Waals surface area contributed by atoms with Gasteiger partial charge >= 0.3 is 12.5 Å². The van der Waals surface area contributed by atoms with Gasteiger partial charge in [0.15, 0.2) is 0 Å². The fraction of sp³-hybridized carbons (Fsp3) is 0.222. The number of carboxylic acid groups (broad SMARTS) is 1. The molecular formula is C18H15F3N2O4. The van der Waals surface area contributed by atoms with Crippen molar-refractivity contribution >= 4 is 11.7 Å². The largest absolute Gasteiger partial charge is 0.573 e. The number of aromatic nitrogens is 1. The Labute approximate surface area is 152 Å². The first kappa shape index (κ1) is 18.6. The molecule has 27 heavy (non-hydrogen) atoms. The number of hydrogen-bond acceptors (Lipinski definition) is 4. The smallest absolute Gasteiger partial charge is 0.465 e. The highest BCUT2D eigenvalue weighted by Gasteiger charge is 2.31. The number of ether oxygens (including phenoxy) is 2. The summed E-state index contributed by atoms with van der Waals surface area (Å²) in [7, 11) is 0. The second-order valence-electron chi connectivity index (χ2n) is 5.69. The van der Waals surface area contributed by atoms with E-state index in [9.17, 15) is 18.0 Å². The summed E-state index contributed by atoms with van der Waals surface area (Å²) in [4.78, 5) is 16.5. The Morgan fingerprint density at radius 3 is 2.44 bits per heavy atom. The van der Waals surface area contributed by atoms with Crippen LogP contribution in [-0.2, 0) is 0 Å². The minimum Gasteiger partial charge on any atom is -0.465 e. The highest BCUT2D eigenvalue weighted by atomic mass is 19.4. The number of nitrogens with zero attached hydrogens (tertiary/aromatic N) is 2. The van der Waals surface area contributed by atoms with E-state index in [4.69, 9.17) is 9.84 Å². The van der Waals surface area contributed by atoms with Gasteiger partial charge < -0.3 is 19.5 Å². The first-order valence-electron chi connectivity index (χ1n) is 7.98. The van der Waals surface area contributed by atoms with Gasteiger partial charge in [-0.15, -0.1) is 13.2 Å². The molecule has 0 saturated heterocycles. The molecule has 0 bridgehead atoms. The summed E-state index contributed by atoms with van der Waals surface area (Å²) in [5.74, 6) is 0.241. The average molecular weight is 380 g/mol. The molecule has 9 heteroatoms. The van der Waals surface area contributed by atoms with Crippen LogP contribution in [0.5, 0.6) is 17.4 Å². The molecule has 2 heterocycles. The molecule has 0 spiro atoms. The van der Waals surface area contributed by atoms with Crippen LogP contribution in [0.3, 0.4) is 0 Å². The summed E-state index contributed by atoms with van der Waals surface area (Å²) in [6.45, 7) is 0.626. The molecule has 0 radical (unpaired) electrons. The molecular weight excluding hydrogens is 365 g/mol. The average Bonchev–Trinajstić information content (AvgIpc) is 2.63. The molecule has 1 amide bonds. The van der Waals surface area contributed by atoms with Crippen molar-refractivity contribution in [1.82, 2.24) is 9.88 Å². The zero-order valence-electron chi connectivity index (χ0n) is 13.9. The number of benzene rings is 1. The molecule has 1 aliphatic heterocycles. The van der Waals surface area contributed by atoms with Crippen molar-refractivity contribution in [2.75, 3.05) is 13.1 Å². The van der Waals surface area contributed by atoms with E-state index in [1.165, 1.54) is 23.2 Å². The molecule has 6 nitrogen and oxygen atoms in total. The minimum absolute atomic E-state index is 0.266. The highest BCUT2D eigenvalue weighted by Crippen LogP contribution is 2.32. The lowest BCUT2D eigenvalue weighted by Gasteiger charge is -2.24. The molecule has 0 fully saturated rings. The van der Waals surface area contributed by atoms with Gasteiger partial charge in [-0.25, -0.2) is 9.78 Å². The lowest BCUT2D eigenvalue weighted by molar-refractivity contribution is -0.274. The van der Waals surface area contributed by atoms with Gasteiger partial charge in [-0.1, -0.05) is 6.08 Å². The first-order chi connectivity index (χ1) is 12.8. The van der Waals surface area contributed by atoms with E-state index in [1.807, 2.05) is 0 Å². The van der Waals surface area contributed by atoms with Crippen molar-refractivity contribution < 1.29 is 32.5 Å². The Hall–Kier alpha value is -3.23. The third-order valence-electron chi connectivity index (χ3n) is 3.87. The van der Waals surface area contributed by atoms with Crippen LogP contribution in [-0.4, -0.2) is 40.5 Å². The molecule has 1 N–H and O–H groups in total. The Morgan fingerprint density at radius 2 is 1.85 bits per heavy atom. The number of rotatable bonds is 4. The van der Waals surface area contributed by atoms with Crippen molar-refractivity contribution in [2.24, 2.45) is 0 Å². The van der Waals surface area contributed by atoms with Gasteiger partial charge in [0.05, 0.1) is 0 Å². The van der Waals surface area contributed by atoms with Crippen LogP contribution in [0.25, 0.3) is 5.57 Å². The zero-order valence-corrected chi connectivity index (χ0v) is 13.9. The minimum atomic E-state index is -4.76. The van der Waals surface area contributed by atoms with Crippen molar-refractivity contribution in [3.05, 3.63) is 54.2 Å². The van der Waals surface area contributed by atoms with E-state index in [0.29, 0.717) is 24.3 Å². The van der Waals surface area contributed by atoms with Crippen molar-refractivity contribution in [3.8, 4) is 17.4 Å². The Bertz CT molecular complexity index is 850. The van der Waals surface area contributed by atoms with Crippen LogP contribution < -0.4 is 9.47 Å².